The highest BCUT2D eigenvalue weighted by molar-refractivity contribution is 6.09. The number of furan rings is 1. The van der Waals surface area contributed by atoms with E-state index in [4.69, 9.17) is 9.68 Å². The highest BCUT2D eigenvalue weighted by atomic mass is 16.3. The van der Waals surface area contributed by atoms with Crippen molar-refractivity contribution in [3.8, 4) is 6.07 Å². The number of carbonyl (C=O) groups is 2. The van der Waals surface area contributed by atoms with Crippen LogP contribution in [-0.2, 0) is 4.79 Å². The van der Waals surface area contributed by atoms with Crippen molar-refractivity contribution in [1.29, 1.82) is 5.26 Å². The van der Waals surface area contributed by atoms with Gasteiger partial charge in [0.05, 0.1) is 0 Å². The Hall–Kier alpha value is -3.33. The summed E-state index contributed by atoms with van der Waals surface area (Å²) in [5.74, 6) is 0.461. The van der Waals surface area contributed by atoms with Gasteiger partial charge in [0.25, 0.3) is 11.8 Å². The smallest absolute Gasteiger partial charge is 0.266 e. The largest absolute Gasteiger partial charge is 0.462 e. The van der Waals surface area contributed by atoms with E-state index in [2.05, 4.69) is 5.32 Å². The molecule has 1 heterocycles. The molecule has 1 aromatic carbocycles. The Morgan fingerprint density at radius 1 is 1.17 bits per heavy atom. The first-order valence-electron chi connectivity index (χ1n) is 7.22. The Morgan fingerprint density at radius 3 is 2.33 bits per heavy atom. The second-order valence-electron chi connectivity index (χ2n) is 5.35. The second-order valence-corrected chi connectivity index (χ2v) is 5.35. The van der Waals surface area contributed by atoms with E-state index < -0.39 is 5.91 Å². The van der Waals surface area contributed by atoms with E-state index in [1.54, 1.807) is 57.4 Å². The number of carbonyl (C=O) groups excluding carboxylic acids is 2. The minimum atomic E-state index is -0.543. The van der Waals surface area contributed by atoms with E-state index in [1.165, 1.54) is 11.0 Å². The SMILES string of the molecule is Cc1ccc(/C=C(\C#N)C(=O)Nc2ccc(C(=O)N(C)C)cc2)o1. The van der Waals surface area contributed by atoms with Gasteiger partial charge in [-0.05, 0) is 43.3 Å². The number of amides is 2. The van der Waals surface area contributed by atoms with Crippen molar-refractivity contribution in [3.63, 3.8) is 0 Å². The van der Waals surface area contributed by atoms with Gasteiger partial charge in [0.2, 0.25) is 0 Å². The van der Waals surface area contributed by atoms with Crippen molar-refractivity contribution in [1.82, 2.24) is 4.90 Å². The molecular weight excluding hydrogens is 306 g/mol. The van der Waals surface area contributed by atoms with Crippen LogP contribution in [0.5, 0.6) is 0 Å². The second kappa shape index (κ2) is 7.29. The number of aryl methyl sites for hydroxylation is 1. The fourth-order valence-corrected chi connectivity index (χ4v) is 1.97. The number of benzene rings is 1. The molecule has 0 aliphatic heterocycles. The van der Waals surface area contributed by atoms with Crippen LogP contribution in [0, 0.1) is 18.3 Å². The van der Waals surface area contributed by atoms with E-state index in [9.17, 15) is 9.59 Å². The summed E-state index contributed by atoms with van der Waals surface area (Å²) in [5, 5.41) is 11.8. The molecule has 2 rings (SSSR count). The predicted octanol–water partition coefficient (Wildman–Crippen LogP) is 2.84. The first-order valence-corrected chi connectivity index (χ1v) is 7.22. The van der Waals surface area contributed by atoms with Crippen molar-refractivity contribution in [2.45, 2.75) is 6.92 Å². The summed E-state index contributed by atoms with van der Waals surface area (Å²) in [7, 11) is 3.33. The van der Waals surface area contributed by atoms with Gasteiger partial charge in [0.1, 0.15) is 23.2 Å². The van der Waals surface area contributed by atoms with Crippen LogP contribution in [0.2, 0.25) is 0 Å². The third-order valence-corrected chi connectivity index (χ3v) is 3.21. The van der Waals surface area contributed by atoms with E-state index >= 15 is 0 Å². The first-order chi connectivity index (χ1) is 11.4. The molecule has 1 aromatic heterocycles. The quantitative estimate of drug-likeness (QED) is 0.692. The molecule has 0 spiro atoms. The van der Waals surface area contributed by atoms with Gasteiger partial charge in [-0.1, -0.05) is 0 Å². The Labute approximate surface area is 140 Å². The van der Waals surface area contributed by atoms with E-state index in [1.807, 2.05) is 6.07 Å². The standard InChI is InChI=1S/C18H17N3O3/c1-12-4-9-16(24-12)10-14(11-19)17(22)20-15-7-5-13(6-8-15)18(23)21(2)3/h4-10H,1-3H3,(H,20,22)/b14-10+. The van der Waals surface area contributed by atoms with Crippen molar-refractivity contribution < 1.29 is 14.0 Å². The van der Waals surface area contributed by atoms with Crippen LogP contribution < -0.4 is 5.32 Å². The van der Waals surface area contributed by atoms with Crippen molar-refractivity contribution >= 4 is 23.6 Å². The molecule has 0 fully saturated rings. The molecule has 6 heteroatoms. The van der Waals surface area contributed by atoms with Crippen molar-refractivity contribution in [2.75, 3.05) is 19.4 Å². The van der Waals surface area contributed by atoms with Gasteiger partial charge in [-0.2, -0.15) is 5.26 Å². The Morgan fingerprint density at radius 2 is 1.83 bits per heavy atom. The fraction of sp³-hybridized carbons (Fsp3) is 0.167. The molecule has 0 bridgehead atoms. The highest BCUT2D eigenvalue weighted by Gasteiger charge is 2.12. The Balaban J connectivity index is 2.12. The average Bonchev–Trinajstić information content (AvgIpc) is 2.97. The zero-order valence-electron chi connectivity index (χ0n) is 13.7. The molecule has 0 unspecified atom stereocenters. The van der Waals surface area contributed by atoms with Crippen LogP contribution in [0.3, 0.4) is 0 Å². The van der Waals surface area contributed by atoms with Crippen molar-refractivity contribution in [3.05, 3.63) is 59.1 Å². The molecule has 122 valence electrons. The molecule has 0 saturated heterocycles. The van der Waals surface area contributed by atoms with E-state index in [0.717, 1.165) is 0 Å². The van der Waals surface area contributed by atoms with Crippen LogP contribution >= 0.6 is 0 Å². The molecule has 2 aromatic rings. The number of nitriles is 1. The van der Waals surface area contributed by atoms with Crippen LogP contribution in [0.1, 0.15) is 21.9 Å². The first kappa shape index (κ1) is 17.0. The molecule has 2 amide bonds. The summed E-state index contributed by atoms with van der Waals surface area (Å²) < 4.78 is 5.33. The lowest BCUT2D eigenvalue weighted by molar-refractivity contribution is -0.112. The zero-order chi connectivity index (χ0) is 17.7. The lowest BCUT2D eigenvalue weighted by Crippen LogP contribution is -2.21. The van der Waals surface area contributed by atoms with Gasteiger partial charge in [0, 0.05) is 31.4 Å². The molecular formula is C18H17N3O3. The molecule has 0 atom stereocenters. The maximum Gasteiger partial charge on any atom is 0.266 e. The maximum absolute atomic E-state index is 12.2. The summed E-state index contributed by atoms with van der Waals surface area (Å²) in [5.41, 5.74) is 0.935. The molecule has 1 N–H and O–H groups in total. The highest BCUT2D eigenvalue weighted by Crippen LogP contribution is 2.14. The number of nitrogens with zero attached hydrogens (tertiary/aromatic N) is 2. The third kappa shape index (κ3) is 4.11. The fourth-order valence-electron chi connectivity index (χ4n) is 1.97. The van der Waals surface area contributed by atoms with Gasteiger partial charge in [-0.3, -0.25) is 9.59 Å². The summed E-state index contributed by atoms with van der Waals surface area (Å²) in [6, 6.07) is 11.7. The summed E-state index contributed by atoms with van der Waals surface area (Å²) in [4.78, 5) is 25.4. The summed E-state index contributed by atoms with van der Waals surface area (Å²) in [6.07, 6.45) is 1.38. The summed E-state index contributed by atoms with van der Waals surface area (Å²) >= 11 is 0. The van der Waals surface area contributed by atoms with E-state index in [-0.39, 0.29) is 11.5 Å². The molecule has 0 radical (unpaired) electrons. The van der Waals surface area contributed by atoms with Gasteiger partial charge in [0.15, 0.2) is 0 Å². The normalized spacial score (nSPS) is 10.8. The number of hydrogen-bond donors (Lipinski definition) is 1. The molecule has 6 nitrogen and oxygen atoms in total. The maximum atomic E-state index is 12.2. The number of anilines is 1. The van der Waals surface area contributed by atoms with Gasteiger partial charge in [-0.25, -0.2) is 0 Å². The van der Waals surface area contributed by atoms with Gasteiger partial charge < -0.3 is 14.6 Å². The predicted molar refractivity (Wildman–Crippen MR) is 90.1 cm³/mol. The molecule has 0 saturated carbocycles. The average molecular weight is 323 g/mol. The van der Waals surface area contributed by atoms with Crippen LogP contribution in [-0.4, -0.2) is 30.8 Å². The number of nitrogens with one attached hydrogen (secondary N) is 1. The van der Waals surface area contributed by atoms with Crippen LogP contribution in [0.25, 0.3) is 6.08 Å². The van der Waals surface area contributed by atoms with Gasteiger partial charge >= 0.3 is 0 Å². The molecule has 0 aliphatic carbocycles. The van der Waals surface area contributed by atoms with Crippen LogP contribution in [0.4, 0.5) is 5.69 Å². The summed E-state index contributed by atoms with van der Waals surface area (Å²) in [6.45, 7) is 1.78. The van der Waals surface area contributed by atoms with E-state index in [0.29, 0.717) is 22.8 Å². The number of rotatable bonds is 4. The topological polar surface area (TPSA) is 86.3 Å². The van der Waals surface area contributed by atoms with Gasteiger partial charge in [-0.15, -0.1) is 0 Å². The molecule has 24 heavy (non-hydrogen) atoms. The lowest BCUT2D eigenvalue weighted by Gasteiger charge is -2.10. The minimum Gasteiger partial charge on any atom is -0.462 e. The van der Waals surface area contributed by atoms with Crippen LogP contribution in [0.15, 0.2) is 46.4 Å². The molecule has 0 aliphatic rings. The third-order valence-electron chi connectivity index (χ3n) is 3.21. The number of hydrogen-bond acceptors (Lipinski definition) is 4. The lowest BCUT2D eigenvalue weighted by atomic mass is 10.1. The minimum absolute atomic E-state index is 0.0715. The Bertz CT molecular complexity index is 824. The zero-order valence-corrected chi connectivity index (χ0v) is 13.7. The Kier molecular flexibility index (Phi) is 5.17. The van der Waals surface area contributed by atoms with Crippen molar-refractivity contribution in [2.24, 2.45) is 0 Å². The monoisotopic (exact) mass is 323 g/mol.